The molecule has 1 fully saturated rings. The third-order valence-electron chi connectivity index (χ3n) is 7.15. The molecule has 0 aromatic heterocycles. The van der Waals surface area contributed by atoms with Gasteiger partial charge < -0.3 is 15.1 Å². The molecule has 1 amide bonds. The Labute approximate surface area is 190 Å². The van der Waals surface area contributed by atoms with Crippen LogP contribution in [0.1, 0.15) is 98.8 Å². The Morgan fingerprint density at radius 1 is 1.16 bits per heavy atom. The molecule has 0 aliphatic heterocycles. The Morgan fingerprint density at radius 3 is 2.52 bits per heavy atom. The van der Waals surface area contributed by atoms with E-state index in [0.29, 0.717) is 18.3 Å². The van der Waals surface area contributed by atoms with Gasteiger partial charge in [-0.15, -0.1) is 0 Å². The molecule has 178 valence electrons. The fraction of sp³-hybridized carbons (Fsp3) is 0.815. The molecule has 0 saturated heterocycles. The van der Waals surface area contributed by atoms with Gasteiger partial charge in [-0.2, -0.15) is 0 Å². The first kappa shape index (κ1) is 26.1. The van der Waals surface area contributed by atoms with Gasteiger partial charge in [-0.25, -0.2) is 0 Å². The zero-order chi connectivity index (χ0) is 23.0. The predicted molar refractivity (Wildman–Crippen MR) is 129 cm³/mol. The predicted octanol–water partition coefficient (Wildman–Crippen LogP) is 5.63. The van der Waals surface area contributed by atoms with Crippen molar-refractivity contribution in [1.29, 1.82) is 0 Å². The fourth-order valence-corrected chi connectivity index (χ4v) is 5.68. The standard InChI is InChI=1S/C27H47NO3/c1-6-7-8-12-23(29)14-15-24-25-17-21(16-22(25)18-26(24)30)11-9-10-13-27(31)28(19(2)3)20(4)5/h14-16,19-20,22-26,29-30H,6-13,17-18H2,1-5H3/b15-14+/t22-,23-,24+,25-,26+/m0/s1. The number of nitrogens with zero attached hydrogens (tertiary/aromatic N) is 1. The van der Waals surface area contributed by atoms with Crippen LogP contribution in [-0.4, -0.2) is 45.3 Å². The van der Waals surface area contributed by atoms with Crippen LogP contribution < -0.4 is 0 Å². The first-order valence-electron chi connectivity index (χ1n) is 12.8. The lowest BCUT2D eigenvalue weighted by atomic mass is 9.88. The highest BCUT2D eigenvalue weighted by atomic mass is 16.3. The lowest BCUT2D eigenvalue weighted by molar-refractivity contribution is -0.134. The van der Waals surface area contributed by atoms with Gasteiger partial charge in [0.05, 0.1) is 12.2 Å². The Kier molecular flexibility index (Phi) is 10.8. The maximum Gasteiger partial charge on any atom is 0.223 e. The number of hydrogen-bond acceptors (Lipinski definition) is 3. The summed E-state index contributed by atoms with van der Waals surface area (Å²) in [4.78, 5) is 14.5. The maximum absolute atomic E-state index is 12.5. The van der Waals surface area contributed by atoms with Gasteiger partial charge in [0.1, 0.15) is 0 Å². The number of aliphatic hydroxyl groups excluding tert-OH is 2. The van der Waals surface area contributed by atoms with Gasteiger partial charge in [0, 0.05) is 24.4 Å². The van der Waals surface area contributed by atoms with Crippen molar-refractivity contribution >= 4 is 5.91 Å². The van der Waals surface area contributed by atoms with Crippen LogP contribution in [0.25, 0.3) is 0 Å². The second-order valence-corrected chi connectivity index (χ2v) is 10.4. The van der Waals surface area contributed by atoms with E-state index in [0.717, 1.165) is 57.8 Å². The van der Waals surface area contributed by atoms with Crippen LogP contribution in [0.4, 0.5) is 0 Å². The van der Waals surface area contributed by atoms with Crippen molar-refractivity contribution in [2.45, 2.75) is 123 Å². The summed E-state index contributed by atoms with van der Waals surface area (Å²) >= 11 is 0. The van der Waals surface area contributed by atoms with Crippen molar-refractivity contribution < 1.29 is 15.0 Å². The zero-order valence-electron chi connectivity index (χ0n) is 20.6. The van der Waals surface area contributed by atoms with E-state index >= 15 is 0 Å². The van der Waals surface area contributed by atoms with Crippen LogP contribution in [0.3, 0.4) is 0 Å². The average molecular weight is 434 g/mol. The number of hydrogen-bond donors (Lipinski definition) is 2. The van der Waals surface area contributed by atoms with Crippen LogP contribution >= 0.6 is 0 Å². The number of rotatable bonds is 13. The van der Waals surface area contributed by atoms with Gasteiger partial charge in [-0.1, -0.05) is 50.0 Å². The highest BCUT2D eigenvalue weighted by Gasteiger charge is 2.43. The first-order valence-corrected chi connectivity index (χ1v) is 12.8. The molecular weight excluding hydrogens is 386 g/mol. The highest BCUT2D eigenvalue weighted by molar-refractivity contribution is 5.76. The van der Waals surface area contributed by atoms with E-state index in [-0.39, 0.29) is 36.1 Å². The van der Waals surface area contributed by atoms with Crippen molar-refractivity contribution in [2.24, 2.45) is 17.8 Å². The molecule has 0 aromatic rings. The van der Waals surface area contributed by atoms with E-state index in [4.69, 9.17) is 0 Å². The van der Waals surface area contributed by atoms with Gasteiger partial charge in [-0.05, 0) is 78.1 Å². The summed E-state index contributed by atoms with van der Waals surface area (Å²) in [7, 11) is 0. The van der Waals surface area contributed by atoms with E-state index in [1.54, 1.807) is 0 Å². The van der Waals surface area contributed by atoms with E-state index in [9.17, 15) is 15.0 Å². The molecule has 2 rings (SSSR count). The molecule has 0 aromatic carbocycles. The molecule has 4 heteroatoms. The Balaban J connectivity index is 1.76. The molecule has 0 unspecified atom stereocenters. The number of unbranched alkanes of at least 4 members (excludes halogenated alkanes) is 3. The second kappa shape index (κ2) is 12.8. The van der Waals surface area contributed by atoms with Gasteiger partial charge >= 0.3 is 0 Å². The molecule has 2 aliphatic rings. The minimum Gasteiger partial charge on any atom is -0.392 e. The van der Waals surface area contributed by atoms with E-state index in [2.05, 4.69) is 46.8 Å². The van der Waals surface area contributed by atoms with Crippen LogP contribution in [0.2, 0.25) is 0 Å². The van der Waals surface area contributed by atoms with Gasteiger partial charge in [0.15, 0.2) is 0 Å². The molecule has 0 spiro atoms. The van der Waals surface area contributed by atoms with Crippen LogP contribution in [0.15, 0.2) is 23.8 Å². The van der Waals surface area contributed by atoms with Crippen molar-refractivity contribution in [2.75, 3.05) is 0 Å². The van der Waals surface area contributed by atoms with Crippen molar-refractivity contribution in [3.05, 3.63) is 23.8 Å². The van der Waals surface area contributed by atoms with Gasteiger partial charge in [0.25, 0.3) is 0 Å². The fourth-order valence-electron chi connectivity index (χ4n) is 5.68. The van der Waals surface area contributed by atoms with Crippen molar-refractivity contribution in [3.8, 4) is 0 Å². The summed E-state index contributed by atoms with van der Waals surface area (Å²) < 4.78 is 0. The van der Waals surface area contributed by atoms with E-state index < -0.39 is 0 Å². The summed E-state index contributed by atoms with van der Waals surface area (Å²) in [5, 5.41) is 20.7. The number of allylic oxidation sites excluding steroid dienone is 2. The topological polar surface area (TPSA) is 60.8 Å². The monoisotopic (exact) mass is 433 g/mol. The molecule has 2 aliphatic carbocycles. The molecular formula is C27H47NO3. The second-order valence-electron chi connectivity index (χ2n) is 10.4. The summed E-state index contributed by atoms with van der Waals surface area (Å²) in [6, 6.07) is 0.511. The van der Waals surface area contributed by atoms with Gasteiger partial charge in [0.2, 0.25) is 5.91 Å². The molecule has 2 N–H and O–H groups in total. The summed E-state index contributed by atoms with van der Waals surface area (Å²) in [5.41, 5.74) is 1.50. The van der Waals surface area contributed by atoms with Crippen LogP contribution in [0.5, 0.6) is 0 Å². The minimum absolute atomic E-state index is 0.159. The molecule has 0 radical (unpaired) electrons. The third-order valence-corrected chi connectivity index (χ3v) is 7.15. The first-order chi connectivity index (χ1) is 14.7. The minimum atomic E-state index is -0.389. The zero-order valence-corrected chi connectivity index (χ0v) is 20.6. The van der Waals surface area contributed by atoms with Crippen LogP contribution in [-0.2, 0) is 4.79 Å². The lowest BCUT2D eigenvalue weighted by Crippen LogP contribution is -2.41. The summed E-state index contributed by atoms with van der Waals surface area (Å²) in [6.07, 6.45) is 15.5. The normalized spacial score (nSPS) is 26.7. The SMILES string of the molecule is CCCCC[C@H](O)/C=C/[C@@H]1[C@H]2CC(CCCCC(=O)N(C(C)C)C(C)C)=C[C@H]2C[C@H]1O. The highest BCUT2D eigenvalue weighted by Crippen LogP contribution is 2.48. The Bertz CT molecular complexity index is 602. The Morgan fingerprint density at radius 2 is 1.87 bits per heavy atom. The average Bonchev–Trinajstić information content (AvgIpc) is 3.19. The molecule has 0 heterocycles. The summed E-state index contributed by atoms with van der Waals surface area (Å²) in [6.45, 7) is 10.5. The third kappa shape index (κ3) is 7.75. The lowest BCUT2D eigenvalue weighted by Gasteiger charge is -2.30. The maximum atomic E-state index is 12.5. The molecule has 4 nitrogen and oxygen atoms in total. The van der Waals surface area contributed by atoms with E-state index in [1.807, 2.05) is 11.0 Å². The number of aliphatic hydroxyl groups is 2. The Hall–Kier alpha value is -1.13. The van der Waals surface area contributed by atoms with Crippen LogP contribution in [0, 0.1) is 17.8 Å². The van der Waals surface area contributed by atoms with Crippen molar-refractivity contribution in [1.82, 2.24) is 4.90 Å². The largest absolute Gasteiger partial charge is 0.392 e. The quantitative estimate of drug-likeness (QED) is 0.292. The van der Waals surface area contributed by atoms with Crippen molar-refractivity contribution in [3.63, 3.8) is 0 Å². The number of carbonyl (C=O) groups excluding carboxylic acids is 1. The number of fused-ring (bicyclic) bond motifs is 1. The van der Waals surface area contributed by atoms with Gasteiger partial charge in [-0.3, -0.25) is 4.79 Å². The molecule has 31 heavy (non-hydrogen) atoms. The smallest absolute Gasteiger partial charge is 0.223 e. The number of amides is 1. The molecule has 5 atom stereocenters. The molecule has 0 bridgehead atoms. The number of carbonyl (C=O) groups is 1. The van der Waals surface area contributed by atoms with E-state index in [1.165, 1.54) is 5.57 Å². The molecule has 1 saturated carbocycles. The summed E-state index contributed by atoms with van der Waals surface area (Å²) in [5.74, 6) is 1.37.